The molecule has 8 nitrogen and oxygen atoms in total. The van der Waals surface area contributed by atoms with Crippen molar-refractivity contribution in [2.45, 2.75) is 32.0 Å². The summed E-state index contributed by atoms with van der Waals surface area (Å²) >= 11 is 0. The second kappa shape index (κ2) is 14.9. The molecule has 1 aromatic heterocycles. The Balaban J connectivity index is 1.32. The van der Waals surface area contributed by atoms with Crippen LogP contribution in [0.5, 0.6) is 5.88 Å². The highest BCUT2D eigenvalue weighted by atomic mass is 16.5. The van der Waals surface area contributed by atoms with Crippen molar-refractivity contribution >= 4 is 23.6 Å². The van der Waals surface area contributed by atoms with Gasteiger partial charge in [-0.15, -0.1) is 0 Å². The van der Waals surface area contributed by atoms with E-state index in [4.69, 9.17) is 9.47 Å². The Labute approximate surface area is 270 Å². The highest BCUT2D eigenvalue weighted by Gasteiger charge is 2.34. The molecule has 2 aliphatic rings. The summed E-state index contributed by atoms with van der Waals surface area (Å²) in [4.78, 5) is 38.9. The lowest BCUT2D eigenvalue weighted by Gasteiger charge is -2.37. The summed E-state index contributed by atoms with van der Waals surface area (Å²) in [5.41, 5.74) is 6.28. The zero-order chi connectivity index (χ0) is 31.7. The minimum absolute atomic E-state index is 0.0452. The van der Waals surface area contributed by atoms with Gasteiger partial charge in [0.05, 0.1) is 20.3 Å². The molecule has 8 heteroatoms. The largest absolute Gasteiger partial charge is 0.481 e. The fraction of sp³-hybridized carbons (Fsp3) is 0.289. The van der Waals surface area contributed by atoms with Crippen molar-refractivity contribution in [3.05, 3.63) is 131 Å². The number of ether oxygens (including phenoxy) is 2. The monoisotopic (exact) mass is 616 g/mol. The number of anilines is 1. The van der Waals surface area contributed by atoms with Gasteiger partial charge in [0.2, 0.25) is 17.7 Å². The number of morpholine rings is 1. The number of amides is 2. The summed E-state index contributed by atoms with van der Waals surface area (Å²) in [6.07, 6.45) is 6.15. The Kier molecular flexibility index (Phi) is 10.0. The van der Waals surface area contributed by atoms with Gasteiger partial charge in [0.15, 0.2) is 0 Å². The maximum absolute atomic E-state index is 14.5. The van der Waals surface area contributed by atoms with Crippen LogP contribution in [-0.2, 0) is 40.3 Å². The zero-order valence-electron chi connectivity index (χ0n) is 26.3. The lowest BCUT2D eigenvalue weighted by molar-refractivity contribution is -0.144. The van der Waals surface area contributed by atoms with Crippen molar-refractivity contribution in [2.24, 2.45) is 0 Å². The van der Waals surface area contributed by atoms with E-state index in [9.17, 15) is 9.59 Å². The van der Waals surface area contributed by atoms with E-state index < -0.39 is 6.04 Å². The molecule has 1 unspecified atom stereocenters. The number of methoxy groups -OCH3 is 1. The highest BCUT2D eigenvalue weighted by Crippen LogP contribution is 2.24. The molecule has 0 spiro atoms. The van der Waals surface area contributed by atoms with Gasteiger partial charge in [-0.1, -0.05) is 66.7 Å². The summed E-state index contributed by atoms with van der Waals surface area (Å²) in [5, 5.41) is 0. The van der Waals surface area contributed by atoms with E-state index in [0.717, 1.165) is 47.5 Å². The molecule has 3 heterocycles. The van der Waals surface area contributed by atoms with Crippen LogP contribution in [0.15, 0.2) is 103 Å². The molecular weight excluding hydrogens is 576 g/mol. The average molecular weight is 617 g/mol. The SMILES string of the molecule is COc1ccc(C=CC(=O)N(Cc2ccc(N3CCOCC3)cc2)C(Cc2ccccc2)C(=O)N2CCc3ccccc3C2)cn1. The standard InChI is InChI=1S/C38H40N4O4/c1-45-36-17-13-30(26-39-36)14-18-37(43)42(27-31-11-15-34(16-12-31)40-21-23-46-24-22-40)35(25-29-7-3-2-4-8-29)38(44)41-20-19-32-9-5-6-10-33(32)28-41/h2-18,26,35H,19-25,27-28H2,1H3. The zero-order valence-corrected chi connectivity index (χ0v) is 26.3. The quantitative estimate of drug-likeness (QED) is 0.229. The lowest BCUT2D eigenvalue weighted by Crippen LogP contribution is -2.52. The van der Waals surface area contributed by atoms with Crippen LogP contribution in [0.1, 0.15) is 27.8 Å². The van der Waals surface area contributed by atoms with Crippen LogP contribution in [0.25, 0.3) is 6.08 Å². The fourth-order valence-corrected chi connectivity index (χ4v) is 6.11. The Morgan fingerprint density at radius 3 is 2.35 bits per heavy atom. The van der Waals surface area contributed by atoms with E-state index in [0.29, 0.717) is 45.1 Å². The molecule has 2 aliphatic heterocycles. The molecule has 1 fully saturated rings. The molecule has 4 aromatic rings. The van der Waals surface area contributed by atoms with Gasteiger partial charge in [0.1, 0.15) is 6.04 Å². The van der Waals surface area contributed by atoms with Gasteiger partial charge in [-0.05, 0) is 58.5 Å². The van der Waals surface area contributed by atoms with Crippen LogP contribution in [0, 0.1) is 0 Å². The van der Waals surface area contributed by atoms with Gasteiger partial charge < -0.3 is 24.2 Å². The maximum Gasteiger partial charge on any atom is 0.247 e. The van der Waals surface area contributed by atoms with Crippen molar-refractivity contribution in [2.75, 3.05) is 44.9 Å². The first-order chi connectivity index (χ1) is 22.6. The Bertz CT molecular complexity index is 1630. The summed E-state index contributed by atoms with van der Waals surface area (Å²) in [7, 11) is 1.57. The Hall–Kier alpha value is -4.95. The first-order valence-electron chi connectivity index (χ1n) is 15.9. The smallest absolute Gasteiger partial charge is 0.247 e. The molecule has 0 N–H and O–H groups in total. The number of fused-ring (bicyclic) bond motifs is 1. The number of hydrogen-bond acceptors (Lipinski definition) is 6. The summed E-state index contributed by atoms with van der Waals surface area (Å²) in [6, 6.07) is 29.5. The topological polar surface area (TPSA) is 75.2 Å². The molecule has 0 radical (unpaired) electrons. The number of carbonyl (C=O) groups excluding carboxylic acids is 2. The fourth-order valence-electron chi connectivity index (χ4n) is 6.11. The highest BCUT2D eigenvalue weighted by molar-refractivity contribution is 5.95. The van der Waals surface area contributed by atoms with Crippen molar-refractivity contribution in [3.8, 4) is 5.88 Å². The van der Waals surface area contributed by atoms with E-state index >= 15 is 0 Å². The molecule has 46 heavy (non-hydrogen) atoms. The third kappa shape index (κ3) is 7.64. The molecule has 236 valence electrons. The van der Waals surface area contributed by atoms with Gasteiger partial charge in [-0.3, -0.25) is 9.59 Å². The maximum atomic E-state index is 14.5. The van der Waals surface area contributed by atoms with Crippen LogP contribution in [0.3, 0.4) is 0 Å². The minimum Gasteiger partial charge on any atom is -0.481 e. The van der Waals surface area contributed by atoms with E-state index in [1.807, 2.05) is 53.4 Å². The van der Waals surface area contributed by atoms with Gasteiger partial charge in [-0.2, -0.15) is 0 Å². The molecule has 3 aromatic carbocycles. The Morgan fingerprint density at radius 1 is 0.891 bits per heavy atom. The molecule has 0 saturated carbocycles. The van der Waals surface area contributed by atoms with E-state index in [1.165, 1.54) is 5.56 Å². The van der Waals surface area contributed by atoms with Gasteiger partial charge in [0, 0.05) is 63.2 Å². The first-order valence-corrected chi connectivity index (χ1v) is 15.9. The van der Waals surface area contributed by atoms with Gasteiger partial charge in [0.25, 0.3) is 0 Å². The summed E-state index contributed by atoms with van der Waals surface area (Å²) in [5.74, 6) is 0.221. The molecule has 6 rings (SSSR count). The molecule has 0 aliphatic carbocycles. The van der Waals surface area contributed by atoms with E-state index in [-0.39, 0.29) is 11.8 Å². The average Bonchev–Trinajstić information content (AvgIpc) is 3.13. The molecular formula is C38H40N4O4. The number of rotatable bonds is 10. The van der Waals surface area contributed by atoms with Crippen LogP contribution in [0.2, 0.25) is 0 Å². The number of carbonyl (C=O) groups is 2. The predicted molar refractivity (Wildman–Crippen MR) is 179 cm³/mol. The van der Waals surface area contributed by atoms with Gasteiger partial charge in [-0.25, -0.2) is 4.98 Å². The van der Waals surface area contributed by atoms with Gasteiger partial charge >= 0.3 is 0 Å². The molecule has 0 bridgehead atoms. The first kappa shape index (κ1) is 31.0. The van der Waals surface area contributed by atoms with Crippen molar-refractivity contribution in [1.29, 1.82) is 0 Å². The second-order valence-electron chi connectivity index (χ2n) is 11.7. The summed E-state index contributed by atoms with van der Waals surface area (Å²) in [6.45, 7) is 4.56. The number of nitrogens with zero attached hydrogens (tertiary/aromatic N) is 4. The van der Waals surface area contributed by atoms with Crippen molar-refractivity contribution in [3.63, 3.8) is 0 Å². The summed E-state index contributed by atoms with van der Waals surface area (Å²) < 4.78 is 10.7. The third-order valence-corrected chi connectivity index (χ3v) is 8.71. The third-order valence-electron chi connectivity index (χ3n) is 8.71. The van der Waals surface area contributed by atoms with Crippen molar-refractivity contribution < 1.29 is 19.1 Å². The number of aromatic nitrogens is 1. The second-order valence-corrected chi connectivity index (χ2v) is 11.7. The Morgan fingerprint density at radius 2 is 1.63 bits per heavy atom. The molecule has 1 atom stereocenters. The normalized spacial score (nSPS) is 15.3. The van der Waals surface area contributed by atoms with Crippen LogP contribution >= 0.6 is 0 Å². The lowest BCUT2D eigenvalue weighted by atomic mass is 9.97. The van der Waals surface area contributed by atoms with Crippen LogP contribution in [0.4, 0.5) is 5.69 Å². The van der Waals surface area contributed by atoms with E-state index in [1.54, 1.807) is 36.4 Å². The van der Waals surface area contributed by atoms with Crippen LogP contribution in [-0.4, -0.2) is 72.6 Å². The molecule has 1 saturated heterocycles. The number of pyridine rings is 1. The number of hydrogen-bond donors (Lipinski definition) is 0. The van der Waals surface area contributed by atoms with E-state index in [2.05, 4.69) is 46.3 Å². The predicted octanol–water partition coefficient (Wildman–Crippen LogP) is 5.17. The minimum atomic E-state index is -0.697. The molecule has 2 amide bonds. The number of benzene rings is 3. The van der Waals surface area contributed by atoms with Crippen LogP contribution < -0.4 is 9.64 Å². The van der Waals surface area contributed by atoms with Crippen molar-refractivity contribution in [1.82, 2.24) is 14.8 Å².